The third-order valence-corrected chi connectivity index (χ3v) is 5.70. The summed E-state index contributed by atoms with van der Waals surface area (Å²) in [6, 6.07) is 17.4. The molecule has 0 saturated carbocycles. The second-order valence-corrected chi connectivity index (χ2v) is 8.19. The molecule has 0 N–H and O–H groups in total. The van der Waals surface area contributed by atoms with Crippen LogP contribution in [0.15, 0.2) is 65.9 Å². The highest BCUT2D eigenvalue weighted by atomic mass is 35.5. The summed E-state index contributed by atoms with van der Waals surface area (Å²) in [5.74, 6) is 7.07. The molecule has 0 amide bonds. The number of pyridine rings is 1. The van der Waals surface area contributed by atoms with Gasteiger partial charge in [0.05, 0.1) is 6.21 Å². The number of benzene rings is 2. The topological polar surface area (TPSA) is 47.0 Å². The maximum absolute atomic E-state index is 6.02. The first-order valence-electron chi connectivity index (χ1n) is 11.0. The van der Waals surface area contributed by atoms with Crippen molar-refractivity contribution in [1.29, 1.82) is 0 Å². The maximum Gasteiger partial charge on any atom is 0.128 e. The van der Waals surface area contributed by atoms with Gasteiger partial charge in [-0.15, -0.1) is 0 Å². The minimum atomic E-state index is 0.642. The highest BCUT2D eigenvalue weighted by Crippen LogP contribution is 2.21. The Balaban J connectivity index is 1.45. The molecule has 6 heteroatoms. The van der Waals surface area contributed by atoms with E-state index in [0.717, 1.165) is 47.6 Å². The molecule has 0 atom stereocenters. The van der Waals surface area contributed by atoms with E-state index in [1.165, 1.54) is 20.0 Å². The van der Waals surface area contributed by atoms with Gasteiger partial charge in [0, 0.05) is 34.5 Å². The van der Waals surface area contributed by atoms with Crippen LogP contribution in [0.4, 0.5) is 0 Å². The van der Waals surface area contributed by atoms with Gasteiger partial charge in [-0.2, -0.15) is 0 Å². The largest absolute Gasteiger partial charge is 0.492 e. The maximum atomic E-state index is 6.02. The van der Waals surface area contributed by atoms with E-state index in [4.69, 9.17) is 21.2 Å². The minimum Gasteiger partial charge on any atom is -0.492 e. The lowest BCUT2D eigenvalue weighted by atomic mass is 10.1. The molecule has 1 saturated heterocycles. The Bertz CT molecular complexity index is 1140. The first-order chi connectivity index (χ1) is 16.2. The molecule has 2 heterocycles. The highest BCUT2D eigenvalue weighted by molar-refractivity contribution is 6.30. The summed E-state index contributed by atoms with van der Waals surface area (Å²) in [5, 5.41) is 4.62. The summed E-state index contributed by atoms with van der Waals surface area (Å²) in [6.07, 6.45) is 6.02. The van der Waals surface area contributed by atoms with Crippen LogP contribution < -0.4 is 4.74 Å². The van der Waals surface area contributed by atoms with E-state index in [9.17, 15) is 0 Å². The zero-order chi connectivity index (χ0) is 22.9. The standard InChI is InChI=1S/C27H26ClN3O2/c1-32-30-20-24-18-21(5-13-27(24)33-17-16-31-14-2-3-15-31)4-11-26-12-8-23(19-29-26)22-6-9-25(28)10-7-22/h5-10,12-13,18-20H,2-3,14-17H2,1H3. The molecular weight excluding hydrogens is 434 g/mol. The number of nitrogens with zero attached hydrogens (tertiary/aromatic N) is 3. The first kappa shape index (κ1) is 22.8. The van der Waals surface area contributed by atoms with Gasteiger partial charge in [0.1, 0.15) is 25.2 Å². The van der Waals surface area contributed by atoms with Crippen molar-refractivity contribution in [1.82, 2.24) is 9.88 Å². The Morgan fingerprint density at radius 1 is 1.03 bits per heavy atom. The van der Waals surface area contributed by atoms with Crippen LogP contribution in [0.5, 0.6) is 5.75 Å². The molecule has 0 aliphatic carbocycles. The van der Waals surface area contributed by atoms with Crippen molar-refractivity contribution in [3.63, 3.8) is 0 Å². The molecule has 0 unspecified atom stereocenters. The van der Waals surface area contributed by atoms with E-state index in [2.05, 4.69) is 26.9 Å². The number of ether oxygens (including phenoxy) is 1. The number of rotatable bonds is 7. The molecule has 1 aliphatic rings. The summed E-state index contributed by atoms with van der Waals surface area (Å²) < 4.78 is 6.02. The summed E-state index contributed by atoms with van der Waals surface area (Å²) in [7, 11) is 1.52. The van der Waals surface area contributed by atoms with Crippen LogP contribution in [0.1, 0.15) is 29.7 Å². The predicted octanol–water partition coefficient (Wildman–Crippen LogP) is 5.26. The summed E-state index contributed by atoms with van der Waals surface area (Å²) in [4.78, 5) is 11.8. The van der Waals surface area contributed by atoms with Crippen molar-refractivity contribution in [2.45, 2.75) is 12.8 Å². The molecule has 0 spiro atoms. The van der Waals surface area contributed by atoms with Crippen LogP contribution in [0.25, 0.3) is 11.1 Å². The van der Waals surface area contributed by atoms with Crippen LogP contribution in [0.3, 0.4) is 0 Å². The van der Waals surface area contributed by atoms with Crippen molar-refractivity contribution < 1.29 is 9.57 Å². The number of hydrogen-bond donors (Lipinski definition) is 0. The summed E-state index contributed by atoms with van der Waals surface area (Å²) in [6.45, 7) is 3.89. The second kappa shape index (κ2) is 11.5. The molecule has 0 radical (unpaired) electrons. The van der Waals surface area contributed by atoms with Crippen molar-refractivity contribution in [2.24, 2.45) is 5.16 Å². The van der Waals surface area contributed by atoms with Gasteiger partial charge in [-0.25, -0.2) is 4.98 Å². The summed E-state index contributed by atoms with van der Waals surface area (Å²) >= 11 is 5.97. The van der Waals surface area contributed by atoms with Crippen LogP contribution >= 0.6 is 11.6 Å². The molecule has 33 heavy (non-hydrogen) atoms. The first-order valence-corrected chi connectivity index (χ1v) is 11.4. The van der Waals surface area contributed by atoms with Crippen LogP contribution in [0, 0.1) is 11.8 Å². The Morgan fingerprint density at radius 3 is 2.55 bits per heavy atom. The third kappa shape index (κ3) is 6.58. The van der Waals surface area contributed by atoms with Gasteiger partial charge in [-0.3, -0.25) is 4.90 Å². The van der Waals surface area contributed by atoms with E-state index < -0.39 is 0 Å². The zero-order valence-corrected chi connectivity index (χ0v) is 19.4. The Labute approximate surface area is 200 Å². The van der Waals surface area contributed by atoms with Crippen molar-refractivity contribution in [2.75, 3.05) is 33.4 Å². The quantitative estimate of drug-likeness (QED) is 0.275. The van der Waals surface area contributed by atoms with E-state index in [0.29, 0.717) is 17.3 Å². The third-order valence-electron chi connectivity index (χ3n) is 5.45. The van der Waals surface area contributed by atoms with Crippen molar-refractivity contribution in [3.8, 4) is 28.7 Å². The summed E-state index contributed by atoms with van der Waals surface area (Å²) in [5.41, 5.74) is 4.46. The average Bonchev–Trinajstić information content (AvgIpc) is 3.37. The van der Waals surface area contributed by atoms with Gasteiger partial charge in [0.15, 0.2) is 0 Å². The zero-order valence-electron chi connectivity index (χ0n) is 18.6. The van der Waals surface area contributed by atoms with E-state index >= 15 is 0 Å². The highest BCUT2D eigenvalue weighted by Gasteiger charge is 2.11. The number of hydrogen-bond acceptors (Lipinski definition) is 5. The van der Waals surface area contributed by atoms with E-state index in [1.807, 2.05) is 60.8 Å². The van der Waals surface area contributed by atoms with Gasteiger partial charge in [0.25, 0.3) is 0 Å². The van der Waals surface area contributed by atoms with Gasteiger partial charge >= 0.3 is 0 Å². The smallest absolute Gasteiger partial charge is 0.128 e. The Hall–Kier alpha value is -3.33. The molecule has 5 nitrogen and oxygen atoms in total. The number of oxime groups is 1. The van der Waals surface area contributed by atoms with Gasteiger partial charge in [-0.05, 0) is 73.8 Å². The van der Waals surface area contributed by atoms with Gasteiger partial charge in [0.2, 0.25) is 0 Å². The normalized spacial score (nSPS) is 13.6. The number of halogens is 1. The molecule has 1 aliphatic heterocycles. The lowest BCUT2D eigenvalue weighted by Crippen LogP contribution is -2.25. The monoisotopic (exact) mass is 459 g/mol. The average molecular weight is 460 g/mol. The van der Waals surface area contributed by atoms with Crippen molar-refractivity contribution in [3.05, 3.63) is 82.6 Å². The molecule has 168 valence electrons. The molecule has 4 rings (SSSR count). The van der Waals surface area contributed by atoms with Crippen molar-refractivity contribution >= 4 is 17.8 Å². The predicted molar refractivity (Wildman–Crippen MR) is 133 cm³/mol. The fraction of sp³-hybridized carbons (Fsp3) is 0.259. The second-order valence-electron chi connectivity index (χ2n) is 7.76. The minimum absolute atomic E-state index is 0.642. The molecule has 1 fully saturated rings. The van der Waals surface area contributed by atoms with Gasteiger partial charge < -0.3 is 9.57 Å². The fourth-order valence-electron chi connectivity index (χ4n) is 3.68. The lowest BCUT2D eigenvalue weighted by molar-refractivity contribution is 0.215. The lowest BCUT2D eigenvalue weighted by Gasteiger charge is -2.15. The molecule has 2 aromatic carbocycles. The number of aromatic nitrogens is 1. The SMILES string of the molecule is CON=Cc1cc(C#Cc2ccc(-c3ccc(Cl)cc3)cn2)ccc1OCCN1CCCC1. The number of likely N-dealkylation sites (tertiary alicyclic amines) is 1. The van der Waals surface area contributed by atoms with Crippen LogP contribution in [-0.2, 0) is 4.84 Å². The molecule has 0 bridgehead atoms. The Morgan fingerprint density at radius 2 is 1.82 bits per heavy atom. The van der Waals surface area contributed by atoms with Gasteiger partial charge in [-0.1, -0.05) is 40.9 Å². The molecule has 3 aromatic rings. The van der Waals surface area contributed by atoms with Crippen LogP contribution in [-0.4, -0.2) is 49.4 Å². The molecular formula is C27H26ClN3O2. The van der Waals surface area contributed by atoms with Crippen LogP contribution in [0.2, 0.25) is 5.02 Å². The van der Waals surface area contributed by atoms with E-state index in [-0.39, 0.29) is 0 Å². The molecule has 1 aromatic heterocycles. The van der Waals surface area contributed by atoms with E-state index in [1.54, 1.807) is 6.21 Å². The Kier molecular flexibility index (Phi) is 7.97. The fourth-order valence-corrected chi connectivity index (χ4v) is 3.80.